The van der Waals surface area contributed by atoms with Crippen molar-refractivity contribution in [1.82, 2.24) is 15.5 Å². The third-order valence-corrected chi connectivity index (χ3v) is 3.51. The molecule has 0 saturated carbocycles. The van der Waals surface area contributed by atoms with Crippen molar-refractivity contribution >= 4 is 23.2 Å². The summed E-state index contributed by atoms with van der Waals surface area (Å²) in [6.07, 6.45) is -3.48. The molecule has 0 aromatic rings. The van der Waals surface area contributed by atoms with Gasteiger partial charge in [-0.15, -0.1) is 0 Å². The van der Waals surface area contributed by atoms with Crippen molar-refractivity contribution < 1.29 is 18.0 Å². The molecule has 5 nitrogen and oxygen atoms in total. The van der Waals surface area contributed by atoms with E-state index in [9.17, 15) is 18.0 Å². The first-order chi connectivity index (χ1) is 8.65. The minimum Gasteiger partial charge on any atom is -0.391 e. The topological polar surface area (TPSA) is 70.4 Å². The molecule has 19 heavy (non-hydrogen) atoms. The van der Waals surface area contributed by atoms with Crippen LogP contribution in [0.3, 0.4) is 0 Å². The number of hydrogen-bond donors (Lipinski definition) is 3. The summed E-state index contributed by atoms with van der Waals surface area (Å²) in [7, 11) is 1.91. The van der Waals surface area contributed by atoms with Gasteiger partial charge in [-0.3, -0.25) is 0 Å². The lowest BCUT2D eigenvalue weighted by Crippen LogP contribution is -2.63. The maximum absolute atomic E-state index is 12.0. The van der Waals surface area contributed by atoms with Crippen LogP contribution in [0.5, 0.6) is 0 Å². The SMILES string of the molecule is CN1CCC(NC(=O)NCC(F)(F)F)(C(N)=S)CC1. The summed E-state index contributed by atoms with van der Waals surface area (Å²) in [6, 6.07) is -0.908. The molecule has 1 aliphatic heterocycles. The summed E-state index contributed by atoms with van der Waals surface area (Å²) < 4.78 is 36.0. The number of nitrogens with two attached hydrogens (primary N) is 1. The summed E-state index contributed by atoms with van der Waals surface area (Å²) in [5.41, 5.74) is 4.72. The highest BCUT2D eigenvalue weighted by molar-refractivity contribution is 7.80. The molecule has 1 rings (SSSR count). The van der Waals surface area contributed by atoms with Crippen molar-refractivity contribution in [1.29, 1.82) is 0 Å². The number of carbonyl (C=O) groups excluding carboxylic acids is 1. The molecule has 2 amide bonds. The lowest BCUT2D eigenvalue weighted by atomic mass is 9.87. The van der Waals surface area contributed by atoms with E-state index in [2.05, 4.69) is 5.32 Å². The summed E-state index contributed by atoms with van der Waals surface area (Å²) in [5.74, 6) is 0. The Kier molecular flexibility index (Phi) is 4.97. The number of urea groups is 1. The second kappa shape index (κ2) is 5.91. The molecule has 1 aliphatic rings. The van der Waals surface area contributed by atoms with E-state index in [1.54, 1.807) is 5.32 Å². The van der Waals surface area contributed by atoms with Crippen LogP contribution in [0.15, 0.2) is 0 Å². The van der Waals surface area contributed by atoms with Gasteiger partial charge >= 0.3 is 12.2 Å². The Bertz CT molecular complexity index is 353. The van der Waals surface area contributed by atoms with E-state index in [0.717, 1.165) is 0 Å². The first-order valence-corrected chi connectivity index (χ1v) is 6.17. The van der Waals surface area contributed by atoms with Crippen LogP contribution < -0.4 is 16.4 Å². The van der Waals surface area contributed by atoms with E-state index in [1.807, 2.05) is 11.9 Å². The molecule has 1 heterocycles. The van der Waals surface area contributed by atoms with Crippen molar-refractivity contribution in [2.75, 3.05) is 26.7 Å². The fourth-order valence-electron chi connectivity index (χ4n) is 1.88. The Hall–Kier alpha value is -1.09. The maximum atomic E-state index is 12.0. The molecule has 4 N–H and O–H groups in total. The molecule has 0 spiro atoms. The van der Waals surface area contributed by atoms with Crippen molar-refractivity contribution in [3.05, 3.63) is 0 Å². The number of piperidine rings is 1. The average Bonchev–Trinajstić information content (AvgIpc) is 2.29. The molecule has 0 atom stereocenters. The van der Waals surface area contributed by atoms with Crippen LogP contribution in [-0.4, -0.2) is 54.3 Å². The van der Waals surface area contributed by atoms with E-state index in [4.69, 9.17) is 18.0 Å². The van der Waals surface area contributed by atoms with Gasteiger partial charge in [0, 0.05) is 13.1 Å². The van der Waals surface area contributed by atoms with Gasteiger partial charge in [0.15, 0.2) is 0 Å². The van der Waals surface area contributed by atoms with Gasteiger partial charge in [-0.2, -0.15) is 13.2 Å². The molecular weight excluding hydrogens is 281 g/mol. The Morgan fingerprint density at radius 2 is 1.95 bits per heavy atom. The van der Waals surface area contributed by atoms with Crippen LogP contribution >= 0.6 is 12.2 Å². The standard InChI is InChI=1S/C10H17F3N4OS/c1-17-4-2-9(3-5-17,7(14)19)16-8(18)15-6-10(11,12)13/h2-6H2,1H3,(H2,14,19)(H2,15,16,18). The third-order valence-electron chi connectivity index (χ3n) is 3.11. The Balaban J connectivity index is 2.59. The molecule has 0 aromatic heterocycles. The predicted octanol–water partition coefficient (Wildman–Crippen LogP) is 0.598. The zero-order valence-electron chi connectivity index (χ0n) is 10.5. The second-order valence-electron chi connectivity index (χ2n) is 4.67. The number of alkyl halides is 3. The van der Waals surface area contributed by atoms with Gasteiger partial charge in [-0.05, 0) is 19.9 Å². The minimum atomic E-state index is -4.44. The molecule has 0 bridgehead atoms. The van der Waals surface area contributed by atoms with Gasteiger partial charge in [0.25, 0.3) is 0 Å². The fraction of sp³-hybridized carbons (Fsp3) is 0.800. The highest BCUT2D eigenvalue weighted by Gasteiger charge is 2.38. The quantitative estimate of drug-likeness (QED) is 0.667. The Morgan fingerprint density at radius 3 is 2.37 bits per heavy atom. The summed E-state index contributed by atoms with van der Waals surface area (Å²) in [6.45, 7) is -0.0556. The third kappa shape index (κ3) is 4.83. The van der Waals surface area contributed by atoms with Crippen molar-refractivity contribution in [2.45, 2.75) is 24.6 Å². The van der Waals surface area contributed by atoms with Crippen molar-refractivity contribution in [2.24, 2.45) is 5.73 Å². The maximum Gasteiger partial charge on any atom is 0.405 e. The lowest BCUT2D eigenvalue weighted by Gasteiger charge is -2.40. The fourth-order valence-corrected chi connectivity index (χ4v) is 2.13. The molecule has 0 unspecified atom stereocenters. The van der Waals surface area contributed by atoms with Crippen molar-refractivity contribution in [3.8, 4) is 0 Å². The first-order valence-electron chi connectivity index (χ1n) is 5.76. The van der Waals surface area contributed by atoms with E-state index in [1.165, 1.54) is 0 Å². The van der Waals surface area contributed by atoms with Crippen LogP contribution in [0.25, 0.3) is 0 Å². The van der Waals surface area contributed by atoms with Crippen LogP contribution in [0.1, 0.15) is 12.8 Å². The number of nitrogens with one attached hydrogen (secondary N) is 2. The first kappa shape index (κ1) is 16.0. The average molecular weight is 298 g/mol. The number of amides is 2. The Labute approximate surface area is 114 Å². The highest BCUT2D eigenvalue weighted by atomic mass is 32.1. The highest BCUT2D eigenvalue weighted by Crippen LogP contribution is 2.22. The molecule has 9 heteroatoms. The number of rotatable bonds is 3. The van der Waals surface area contributed by atoms with Crippen LogP contribution in [-0.2, 0) is 0 Å². The molecule has 110 valence electrons. The molecule has 0 aromatic carbocycles. The number of nitrogens with zero attached hydrogens (tertiary/aromatic N) is 1. The summed E-state index contributed by atoms with van der Waals surface area (Å²) >= 11 is 4.94. The van der Waals surface area contributed by atoms with Gasteiger partial charge in [0.1, 0.15) is 6.54 Å². The van der Waals surface area contributed by atoms with Gasteiger partial charge in [-0.1, -0.05) is 12.2 Å². The van der Waals surface area contributed by atoms with E-state index >= 15 is 0 Å². The molecular formula is C10H17F3N4OS. The second-order valence-corrected chi connectivity index (χ2v) is 5.11. The number of thiocarbonyl (C=S) groups is 1. The number of halogens is 3. The van der Waals surface area contributed by atoms with E-state index < -0.39 is 24.3 Å². The molecule has 1 fully saturated rings. The predicted molar refractivity (Wildman–Crippen MR) is 68.8 cm³/mol. The zero-order valence-corrected chi connectivity index (χ0v) is 11.3. The monoisotopic (exact) mass is 298 g/mol. The van der Waals surface area contributed by atoms with Crippen molar-refractivity contribution in [3.63, 3.8) is 0 Å². The van der Waals surface area contributed by atoms with Gasteiger partial charge < -0.3 is 21.3 Å². The Morgan fingerprint density at radius 1 is 1.42 bits per heavy atom. The zero-order chi connectivity index (χ0) is 14.7. The van der Waals surface area contributed by atoms with Crippen LogP contribution in [0, 0.1) is 0 Å². The number of likely N-dealkylation sites (tertiary alicyclic amines) is 1. The normalized spacial score (nSPS) is 19.8. The summed E-state index contributed by atoms with van der Waals surface area (Å²) in [5, 5.41) is 4.24. The van der Waals surface area contributed by atoms with Crippen LogP contribution in [0.2, 0.25) is 0 Å². The van der Waals surface area contributed by atoms with Gasteiger partial charge in [0.2, 0.25) is 0 Å². The van der Waals surface area contributed by atoms with Crippen LogP contribution in [0.4, 0.5) is 18.0 Å². The van der Waals surface area contributed by atoms with Gasteiger partial charge in [0.05, 0.1) is 10.5 Å². The van der Waals surface area contributed by atoms with Gasteiger partial charge in [-0.25, -0.2) is 4.79 Å². The molecule has 1 saturated heterocycles. The number of hydrogen-bond acceptors (Lipinski definition) is 3. The number of carbonyl (C=O) groups is 1. The van der Waals surface area contributed by atoms with E-state index in [-0.39, 0.29) is 4.99 Å². The van der Waals surface area contributed by atoms with E-state index in [0.29, 0.717) is 25.9 Å². The summed E-state index contributed by atoms with van der Waals surface area (Å²) in [4.78, 5) is 13.6. The largest absolute Gasteiger partial charge is 0.405 e. The molecule has 0 aliphatic carbocycles. The minimum absolute atomic E-state index is 0.0998. The molecule has 0 radical (unpaired) electrons. The lowest BCUT2D eigenvalue weighted by molar-refractivity contribution is -0.122. The smallest absolute Gasteiger partial charge is 0.391 e.